The van der Waals surface area contributed by atoms with E-state index in [1.807, 2.05) is 37.3 Å². The Morgan fingerprint density at radius 2 is 1.80 bits per heavy atom. The average Bonchev–Trinajstić information content (AvgIpc) is 3.03. The molecule has 0 radical (unpaired) electrons. The van der Waals surface area contributed by atoms with Gasteiger partial charge in [0.25, 0.3) is 0 Å². The minimum atomic E-state index is -1.16. The molecule has 0 aromatic heterocycles. The summed E-state index contributed by atoms with van der Waals surface area (Å²) in [6.45, 7) is 3.96. The van der Waals surface area contributed by atoms with Gasteiger partial charge in [-0.25, -0.2) is 9.59 Å². The van der Waals surface area contributed by atoms with E-state index in [4.69, 9.17) is 23.7 Å². The smallest absolute Gasteiger partial charge is 0.337 e. The fourth-order valence-corrected chi connectivity index (χ4v) is 5.35. The van der Waals surface area contributed by atoms with Crippen molar-refractivity contribution in [2.24, 2.45) is 5.10 Å². The van der Waals surface area contributed by atoms with Gasteiger partial charge in [-0.3, -0.25) is 5.43 Å². The van der Waals surface area contributed by atoms with Crippen LogP contribution in [0.3, 0.4) is 0 Å². The van der Waals surface area contributed by atoms with Crippen molar-refractivity contribution in [2.75, 3.05) is 27.4 Å². The number of halogens is 2. The lowest BCUT2D eigenvalue weighted by atomic mass is 9.95. The molecule has 0 aliphatic carbocycles. The van der Waals surface area contributed by atoms with Gasteiger partial charge in [0.2, 0.25) is 0 Å². The minimum Gasteiger partial charge on any atom is -0.493 e. The van der Waals surface area contributed by atoms with Crippen molar-refractivity contribution >= 4 is 50.1 Å². The Kier molecular flexibility index (Phi) is 12.3. The maximum atomic E-state index is 12.5. The van der Waals surface area contributed by atoms with Crippen LogP contribution < -0.4 is 35.0 Å². The molecule has 0 bridgehead atoms. The van der Waals surface area contributed by atoms with Crippen molar-refractivity contribution in [3.63, 3.8) is 0 Å². The Bertz CT molecular complexity index is 1610. The largest absolute Gasteiger partial charge is 0.493 e. The van der Waals surface area contributed by atoms with Crippen molar-refractivity contribution < 1.29 is 38.4 Å². The first-order valence-electron chi connectivity index (χ1n) is 14.1. The summed E-state index contributed by atoms with van der Waals surface area (Å²) in [5.41, 5.74) is 5.56. The van der Waals surface area contributed by atoms with Crippen molar-refractivity contribution in [1.82, 2.24) is 16.1 Å². The molecule has 0 unspecified atom stereocenters. The third-order valence-electron chi connectivity index (χ3n) is 6.66. The van der Waals surface area contributed by atoms with Crippen LogP contribution in [0.2, 0.25) is 0 Å². The van der Waals surface area contributed by atoms with Crippen LogP contribution >= 0.6 is 31.9 Å². The number of allylic oxidation sites excluding steroid dienone is 1. The number of nitrogens with zero attached hydrogens (tertiary/aromatic N) is 1. The van der Waals surface area contributed by atoms with E-state index in [-0.39, 0.29) is 12.2 Å². The van der Waals surface area contributed by atoms with Crippen molar-refractivity contribution in [3.8, 4) is 23.0 Å². The van der Waals surface area contributed by atoms with E-state index >= 15 is 0 Å². The van der Waals surface area contributed by atoms with Crippen LogP contribution in [0.4, 0.5) is 4.79 Å². The van der Waals surface area contributed by atoms with E-state index in [1.165, 1.54) is 13.3 Å². The predicted octanol–water partition coefficient (Wildman–Crippen LogP) is 5.32. The summed E-state index contributed by atoms with van der Waals surface area (Å²) in [6, 6.07) is 15.2. The van der Waals surface area contributed by atoms with Gasteiger partial charge >= 0.3 is 12.0 Å². The molecule has 0 fully saturated rings. The molecule has 3 aromatic carbocycles. The Morgan fingerprint density at radius 3 is 2.50 bits per heavy atom. The standard InChI is InChI=1S/C32H34Br2N4O8/c1-5-44-25-14-21(29-28(31(40)43-4)18(2)36-32(41)37-29)8-11-24(25)45-17-27(39)38-35-15-20-12-23(34)30(26(13-20)42-3)46-16-19-6-9-22(33)10-7-19/h6-15,27,29,38-39H,5,16-17H2,1-4H3,(H2,36,37,41)/b35-15-/t27-,29+/m1/s1. The highest BCUT2D eigenvalue weighted by molar-refractivity contribution is 9.10. The molecule has 2 amide bonds. The minimum absolute atomic E-state index is 0.164. The lowest BCUT2D eigenvalue weighted by molar-refractivity contribution is -0.136. The number of nitrogens with one attached hydrogen (secondary N) is 3. The topological polar surface area (TPSA) is 149 Å². The average molecular weight is 762 g/mol. The number of rotatable bonds is 14. The van der Waals surface area contributed by atoms with Crippen LogP contribution in [0, 0.1) is 0 Å². The number of amides is 2. The summed E-state index contributed by atoms with van der Waals surface area (Å²) < 4.78 is 29.7. The maximum absolute atomic E-state index is 12.5. The first-order valence-corrected chi connectivity index (χ1v) is 15.7. The van der Waals surface area contributed by atoms with Crippen molar-refractivity contribution in [1.29, 1.82) is 0 Å². The van der Waals surface area contributed by atoms with Gasteiger partial charge in [0.05, 0.1) is 43.1 Å². The molecule has 244 valence electrons. The van der Waals surface area contributed by atoms with Gasteiger partial charge in [-0.05, 0) is 82.9 Å². The zero-order valence-electron chi connectivity index (χ0n) is 25.6. The first kappa shape index (κ1) is 34.6. The molecule has 1 heterocycles. The first-order chi connectivity index (χ1) is 22.1. The monoisotopic (exact) mass is 760 g/mol. The summed E-state index contributed by atoms with van der Waals surface area (Å²) in [7, 11) is 2.83. The summed E-state index contributed by atoms with van der Waals surface area (Å²) in [4.78, 5) is 24.6. The van der Waals surface area contributed by atoms with E-state index in [2.05, 4.69) is 53.0 Å². The zero-order chi connectivity index (χ0) is 33.2. The van der Waals surface area contributed by atoms with Crippen LogP contribution in [-0.4, -0.2) is 57.0 Å². The molecule has 46 heavy (non-hydrogen) atoms. The van der Waals surface area contributed by atoms with Gasteiger partial charge in [0, 0.05) is 10.2 Å². The highest BCUT2D eigenvalue weighted by Crippen LogP contribution is 2.37. The number of ether oxygens (including phenoxy) is 5. The molecular formula is C32H34Br2N4O8. The third-order valence-corrected chi connectivity index (χ3v) is 7.78. The summed E-state index contributed by atoms with van der Waals surface area (Å²) in [6.07, 6.45) is 0.362. The number of carbonyl (C=O) groups is 2. The van der Waals surface area contributed by atoms with Gasteiger partial charge in [-0.2, -0.15) is 5.10 Å². The molecule has 0 saturated carbocycles. The summed E-state index contributed by atoms with van der Waals surface area (Å²) >= 11 is 6.97. The molecule has 1 aliphatic heterocycles. The van der Waals surface area contributed by atoms with Crippen LogP contribution in [0.15, 0.2) is 79.9 Å². The number of benzene rings is 3. The van der Waals surface area contributed by atoms with Gasteiger partial charge < -0.3 is 39.4 Å². The quantitative estimate of drug-likeness (QED) is 0.0742. The lowest BCUT2D eigenvalue weighted by Gasteiger charge is -2.28. The molecule has 4 N–H and O–H groups in total. The normalized spacial score (nSPS) is 15.1. The number of hydrazone groups is 1. The molecule has 14 heteroatoms. The van der Waals surface area contributed by atoms with E-state index < -0.39 is 24.3 Å². The Morgan fingerprint density at radius 1 is 1.04 bits per heavy atom. The SMILES string of the molecule is CCOc1cc([C@@H]2NC(=O)NC(C)=C2C(=O)OC)ccc1OC[C@@H](O)N/N=C\c1cc(Br)c(OCc2ccc(Br)cc2)c(OC)c1. The second kappa shape index (κ2) is 16.3. The highest BCUT2D eigenvalue weighted by atomic mass is 79.9. The lowest BCUT2D eigenvalue weighted by Crippen LogP contribution is -2.45. The summed E-state index contributed by atoms with van der Waals surface area (Å²) in [5.74, 6) is 1.20. The van der Waals surface area contributed by atoms with Crippen molar-refractivity contribution in [2.45, 2.75) is 32.7 Å². The molecule has 12 nitrogen and oxygen atoms in total. The number of hydrogen-bond acceptors (Lipinski definition) is 10. The molecular weight excluding hydrogens is 728 g/mol. The second-order valence-corrected chi connectivity index (χ2v) is 11.6. The molecule has 3 aromatic rings. The fraction of sp³-hybridized carbons (Fsp3) is 0.281. The molecule has 2 atom stereocenters. The van der Waals surface area contributed by atoms with Crippen LogP contribution in [0.5, 0.6) is 23.0 Å². The van der Waals surface area contributed by atoms with Crippen LogP contribution in [-0.2, 0) is 16.1 Å². The number of methoxy groups -OCH3 is 2. The second-order valence-electron chi connectivity index (χ2n) is 9.86. The number of esters is 1. The van der Waals surface area contributed by atoms with Gasteiger partial charge in [0.1, 0.15) is 13.2 Å². The maximum Gasteiger partial charge on any atom is 0.337 e. The van der Waals surface area contributed by atoms with E-state index in [0.717, 1.165) is 10.0 Å². The number of aliphatic hydroxyl groups is 1. The van der Waals surface area contributed by atoms with Crippen molar-refractivity contribution in [3.05, 3.63) is 91.5 Å². The van der Waals surface area contributed by atoms with Crippen LogP contribution in [0.1, 0.15) is 36.6 Å². The number of carbonyl (C=O) groups excluding carboxylic acids is 2. The highest BCUT2D eigenvalue weighted by Gasteiger charge is 2.32. The van der Waals surface area contributed by atoms with Gasteiger partial charge in [-0.15, -0.1) is 0 Å². The number of aliphatic hydroxyl groups excluding tert-OH is 1. The van der Waals surface area contributed by atoms with E-state index in [0.29, 0.717) is 57.5 Å². The van der Waals surface area contributed by atoms with Crippen LogP contribution in [0.25, 0.3) is 0 Å². The number of hydrogen-bond donors (Lipinski definition) is 4. The Balaban J connectivity index is 1.38. The molecule has 4 rings (SSSR count). The third kappa shape index (κ3) is 8.92. The molecule has 0 saturated heterocycles. The Hall–Kier alpha value is -4.27. The fourth-order valence-electron chi connectivity index (χ4n) is 4.51. The number of urea groups is 1. The molecule has 0 spiro atoms. The zero-order valence-corrected chi connectivity index (χ0v) is 28.7. The predicted molar refractivity (Wildman–Crippen MR) is 178 cm³/mol. The van der Waals surface area contributed by atoms with Gasteiger partial charge in [0.15, 0.2) is 29.2 Å². The summed E-state index contributed by atoms with van der Waals surface area (Å²) in [5, 5.41) is 19.9. The van der Waals surface area contributed by atoms with Gasteiger partial charge in [-0.1, -0.05) is 34.1 Å². The molecule has 1 aliphatic rings. The van der Waals surface area contributed by atoms with E-state index in [1.54, 1.807) is 38.3 Å². The van der Waals surface area contributed by atoms with E-state index in [9.17, 15) is 14.7 Å². The Labute approximate surface area is 283 Å².